The van der Waals surface area contributed by atoms with Crippen molar-refractivity contribution in [1.29, 1.82) is 5.26 Å². The molecule has 1 aliphatic carbocycles. The summed E-state index contributed by atoms with van der Waals surface area (Å²) in [4.78, 5) is 21.3. The molecule has 0 radical (unpaired) electrons. The first-order valence-corrected chi connectivity index (χ1v) is 10.9. The number of aromatic nitrogens is 2. The van der Waals surface area contributed by atoms with Crippen molar-refractivity contribution in [1.82, 2.24) is 9.97 Å². The Kier molecular flexibility index (Phi) is 6.10. The SMILES string of the molecule is CC(Sc1nc2c(cc1C#N)CC(c1ccccc1)CC2)C(=O)Nc1ccncc1. The summed E-state index contributed by atoms with van der Waals surface area (Å²) in [6.07, 6.45) is 6.08. The van der Waals surface area contributed by atoms with Crippen molar-refractivity contribution in [2.45, 2.75) is 42.4 Å². The van der Waals surface area contributed by atoms with Gasteiger partial charge in [-0.15, -0.1) is 0 Å². The Hall–Kier alpha value is -3.17. The minimum Gasteiger partial charge on any atom is -0.325 e. The monoisotopic (exact) mass is 414 g/mol. The van der Waals surface area contributed by atoms with Crippen LogP contribution in [-0.4, -0.2) is 21.1 Å². The van der Waals surface area contributed by atoms with Crippen LogP contribution in [0.1, 0.15) is 41.6 Å². The van der Waals surface area contributed by atoms with Gasteiger partial charge in [0.05, 0.1) is 10.8 Å². The van der Waals surface area contributed by atoms with Crippen LogP contribution in [-0.2, 0) is 17.6 Å². The molecule has 0 spiro atoms. The standard InChI is InChI=1S/C24H22N4OS/c1-16(23(29)27-21-9-11-26-12-10-21)30-24-20(15-25)14-19-13-18(7-8-22(19)28-24)17-5-3-2-4-6-17/h2-6,9-12,14,16,18H,7-8,13H2,1H3,(H,26,27,29). The molecule has 3 aromatic rings. The summed E-state index contributed by atoms with van der Waals surface area (Å²) in [5.74, 6) is 0.328. The molecule has 2 aromatic heterocycles. The highest BCUT2D eigenvalue weighted by Gasteiger charge is 2.24. The number of carbonyl (C=O) groups excluding carboxylic acids is 1. The molecule has 1 aliphatic rings. The average Bonchev–Trinajstić information content (AvgIpc) is 2.79. The molecule has 0 bridgehead atoms. The number of nitrogens with zero attached hydrogens (tertiary/aromatic N) is 3. The van der Waals surface area contributed by atoms with Gasteiger partial charge in [-0.2, -0.15) is 5.26 Å². The molecule has 30 heavy (non-hydrogen) atoms. The molecule has 150 valence electrons. The molecule has 2 heterocycles. The molecular weight excluding hydrogens is 392 g/mol. The zero-order valence-corrected chi connectivity index (χ0v) is 17.5. The third-order valence-electron chi connectivity index (χ3n) is 5.35. The number of amides is 1. The second kappa shape index (κ2) is 9.10. The fourth-order valence-electron chi connectivity index (χ4n) is 3.73. The van der Waals surface area contributed by atoms with Crippen molar-refractivity contribution in [2.24, 2.45) is 0 Å². The van der Waals surface area contributed by atoms with Crippen molar-refractivity contribution >= 4 is 23.4 Å². The third-order valence-corrected chi connectivity index (χ3v) is 6.45. The van der Waals surface area contributed by atoms with E-state index in [1.165, 1.54) is 17.3 Å². The molecule has 2 atom stereocenters. The quantitative estimate of drug-likeness (QED) is 0.610. The number of hydrogen-bond donors (Lipinski definition) is 1. The Morgan fingerprint density at radius 3 is 2.73 bits per heavy atom. The Morgan fingerprint density at radius 1 is 1.23 bits per heavy atom. The summed E-state index contributed by atoms with van der Waals surface area (Å²) in [6.45, 7) is 1.83. The van der Waals surface area contributed by atoms with E-state index in [-0.39, 0.29) is 11.2 Å². The van der Waals surface area contributed by atoms with Crippen LogP contribution in [0, 0.1) is 11.3 Å². The second-order valence-corrected chi connectivity index (χ2v) is 8.72. The van der Waals surface area contributed by atoms with Gasteiger partial charge in [0.1, 0.15) is 11.1 Å². The molecule has 1 aromatic carbocycles. The number of hydrogen-bond acceptors (Lipinski definition) is 5. The van der Waals surface area contributed by atoms with Crippen molar-refractivity contribution in [3.05, 3.63) is 83.3 Å². The van der Waals surface area contributed by atoms with Crippen LogP contribution in [0.4, 0.5) is 5.69 Å². The average molecular weight is 415 g/mol. The molecule has 0 saturated heterocycles. The first-order chi connectivity index (χ1) is 14.6. The Labute approximate surface area is 180 Å². The van der Waals surface area contributed by atoms with E-state index in [1.807, 2.05) is 19.1 Å². The number of nitriles is 1. The number of thioether (sulfide) groups is 1. The summed E-state index contributed by atoms with van der Waals surface area (Å²) in [5, 5.41) is 12.8. The molecule has 1 N–H and O–H groups in total. The van der Waals surface area contributed by atoms with Gasteiger partial charge in [-0.1, -0.05) is 42.1 Å². The first-order valence-electron chi connectivity index (χ1n) is 9.99. The molecular formula is C24H22N4OS. The van der Waals surface area contributed by atoms with Gasteiger partial charge in [0.25, 0.3) is 0 Å². The van der Waals surface area contributed by atoms with Gasteiger partial charge in [-0.05, 0) is 61.4 Å². The Balaban J connectivity index is 1.50. The van der Waals surface area contributed by atoms with E-state index in [0.717, 1.165) is 30.5 Å². The number of benzene rings is 1. The zero-order valence-electron chi connectivity index (χ0n) is 16.7. The second-order valence-electron chi connectivity index (χ2n) is 7.39. The number of fused-ring (bicyclic) bond motifs is 1. The van der Waals surface area contributed by atoms with Gasteiger partial charge in [0, 0.05) is 23.8 Å². The van der Waals surface area contributed by atoms with Crippen molar-refractivity contribution in [2.75, 3.05) is 5.32 Å². The van der Waals surface area contributed by atoms with E-state index < -0.39 is 0 Å². The van der Waals surface area contributed by atoms with Gasteiger partial charge in [-0.25, -0.2) is 4.98 Å². The van der Waals surface area contributed by atoms with Gasteiger partial charge >= 0.3 is 0 Å². The van der Waals surface area contributed by atoms with E-state index >= 15 is 0 Å². The predicted molar refractivity (Wildman–Crippen MR) is 118 cm³/mol. The van der Waals surface area contributed by atoms with E-state index in [4.69, 9.17) is 4.98 Å². The van der Waals surface area contributed by atoms with Crippen LogP contribution in [0.3, 0.4) is 0 Å². The van der Waals surface area contributed by atoms with Crippen molar-refractivity contribution < 1.29 is 4.79 Å². The lowest BCUT2D eigenvalue weighted by Crippen LogP contribution is -2.23. The largest absolute Gasteiger partial charge is 0.325 e. The number of pyridine rings is 2. The normalized spacial score (nSPS) is 16.2. The van der Waals surface area contributed by atoms with Crippen LogP contribution < -0.4 is 5.32 Å². The van der Waals surface area contributed by atoms with Crippen molar-refractivity contribution in [3.8, 4) is 6.07 Å². The molecule has 1 amide bonds. The lowest BCUT2D eigenvalue weighted by molar-refractivity contribution is -0.115. The van der Waals surface area contributed by atoms with E-state index in [9.17, 15) is 10.1 Å². The third kappa shape index (κ3) is 4.52. The van der Waals surface area contributed by atoms with Gasteiger partial charge < -0.3 is 5.32 Å². The highest BCUT2D eigenvalue weighted by molar-refractivity contribution is 8.00. The van der Waals surface area contributed by atoms with E-state index in [1.54, 1.807) is 24.5 Å². The maximum atomic E-state index is 12.5. The van der Waals surface area contributed by atoms with Gasteiger partial charge in [0.15, 0.2) is 0 Å². The summed E-state index contributed by atoms with van der Waals surface area (Å²) < 4.78 is 0. The molecule has 5 nitrogen and oxygen atoms in total. The Bertz CT molecular complexity index is 1080. The van der Waals surface area contributed by atoms with Crippen LogP contribution in [0.15, 0.2) is 66.0 Å². The topological polar surface area (TPSA) is 78.7 Å². The van der Waals surface area contributed by atoms with Gasteiger partial charge in [-0.3, -0.25) is 9.78 Å². The molecule has 2 unspecified atom stereocenters. The predicted octanol–water partition coefficient (Wildman–Crippen LogP) is 4.74. The van der Waals surface area contributed by atoms with Crippen molar-refractivity contribution in [3.63, 3.8) is 0 Å². The summed E-state index contributed by atoms with van der Waals surface area (Å²) in [5.41, 5.74) is 4.76. The lowest BCUT2D eigenvalue weighted by atomic mass is 9.82. The molecule has 4 rings (SSSR count). The Morgan fingerprint density at radius 2 is 2.00 bits per heavy atom. The zero-order chi connectivity index (χ0) is 20.9. The van der Waals surface area contributed by atoms with E-state index in [0.29, 0.717) is 22.2 Å². The number of anilines is 1. The van der Waals surface area contributed by atoms with Crippen LogP contribution in [0.5, 0.6) is 0 Å². The minimum absolute atomic E-state index is 0.126. The van der Waals surface area contributed by atoms with Gasteiger partial charge in [0.2, 0.25) is 5.91 Å². The fraction of sp³-hybridized carbons (Fsp3) is 0.250. The van der Waals surface area contributed by atoms with E-state index in [2.05, 4.69) is 40.6 Å². The molecule has 0 saturated carbocycles. The molecule has 6 heteroatoms. The summed E-state index contributed by atoms with van der Waals surface area (Å²) in [6, 6.07) is 18.2. The number of nitrogens with one attached hydrogen (secondary N) is 1. The lowest BCUT2D eigenvalue weighted by Gasteiger charge is -2.25. The first kappa shape index (κ1) is 20.1. The molecule has 0 aliphatic heterocycles. The smallest absolute Gasteiger partial charge is 0.237 e. The van der Waals surface area contributed by atoms with Crippen LogP contribution in [0.2, 0.25) is 0 Å². The van der Waals surface area contributed by atoms with Crippen LogP contribution >= 0.6 is 11.8 Å². The number of rotatable bonds is 5. The number of carbonyl (C=O) groups is 1. The maximum Gasteiger partial charge on any atom is 0.237 e. The maximum absolute atomic E-state index is 12.5. The fourth-order valence-corrected chi connectivity index (χ4v) is 4.62. The summed E-state index contributed by atoms with van der Waals surface area (Å²) >= 11 is 1.33. The van der Waals surface area contributed by atoms with Crippen LogP contribution in [0.25, 0.3) is 0 Å². The summed E-state index contributed by atoms with van der Waals surface area (Å²) in [7, 11) is 0. The highest BCUT2D eigenvalue weighted by atomic mass is 32.2. The number of aryl methyl sites for hydroxylation is 1. The molecule has 0 fully saturated rings. The minimum atomic E-state index is -0.378. The highest BCUT2D eigenvalue weighted by Crippen LogP contribution is 2.35.